The first-order valence-corrected chi connectivity index (χ1v) is 8.55. The van der Waals surface area contributed by atoms with Crippen LogP contribution in [0.4, 0.5) is 0 Å². The van der Waals surface area contributed by atoms with E-state index < -0.39 is 0 Å². The molecule has 0 radical (unpaired) electrons. The second-order valence-electron chi connectivity index (χ2n) is 6.68. The molecular weight excluding hydrogens is 292 g/mol. The van der Waals surface area contributed by atoms with Crippen molar-refractivity contribution in [2.75, 3.05) is 0 Å². The fourth-order valence-corrected chi connectivity index (χ4v) is 3.47. The van der Waals surface area contributed by atoms with Crippen LogP contribution in [0.25, 0.3) is 21.9 Å². The molecule has 0 unspecified atom stereocenters. The van der Waals surface area contributed by atoms with E-state index in [4.69, 9.17) is 0 Å². The van der Waals surface area contributed by atoms with Gasteiger partial charge in [0.2, 0.25) is 0 Å². The molecule has 0 aliphatic rings. The van der Waals surface area contributed by atoms with Gasteiger partial charge in [0.1, 0.15) is 5.75 Å². The zero-order valence-electron chi connectivity index (χ0n) is 14.4. The molecule has 3 aromatic carbocycles. The third-order valence-electron chi connectivity index (χ3n) is 4.43. The molecule has 0 saturated heterocycles. The summed E-state index contributed by atoms with van der Waals surface area (Å²) >= 11 is 0. The Morgan fingerprint density at radius 1 is 0.917 bits per heavy atom. The fraction of sp³-hybridized carbons (Fsp3) is 0.217. The average molecular weight is 316 g/mol. The Balaban J connectivity index is 2.43. The zero-order chi connectivity index (χ0) is 17.1. The van der Waals surface area contributed by atoms with Crippen molar-refractivity contribution in [1.29, 1.82) is 0 Å². The monoisotopic (exact) mass is 316 g/mol. The number of fused-ring (bicyclic) bond motifs is 1. The Morgan fingerprint density at radius 2 is 1.54 bits per heavy atom. The van der Waals surface area contributed by atoms with Crippen LogP contribution in [-0.4, -0.2) is 5.11 Å². The molecule has 0 heterocycles. The van der Waals surface area contributed by atoms with Gasteiger partial charge in [-0.25, -0.2) is 0 Å². The largest absolute Gasteiger partial charge is 0.507 e. The van der Waals surface area contributed by atoms with Crippen molar-refractivity contribution < 1.29 is 5.11 Å². The maximum atomic E-state index is 11.1. The van der Waals surface area contributed by atoms with Gasteiger partial charge in [-0.3, -0.25) is 0 Å². The first-order valence-electron chi connectivity index (χ1n) is 8.55. The molecule has 0 saturated carbocycles. The van der Waals surface area contributed by atoms with E-state index in [0.717, 1.165) is 34.7 Å². The molecule has 0 spiro atoms. The molecule has 0 aromatic heterocycles. The predicted octanol–water partition coefficient (Wildman–Crippen LogP) is 6.14. The Kier molecular flexibility index (Phi) is 4.71. The van der Waals surface area contributed by atoms with E-state index in [9.17, 15) is 5.11 Å². The molecule has 0 fully saturated rings. The van der Waals surface area contributed by atoms with Gasteiger partial charge in [-0.1, -0.05) is 74.5 Å². The standard InChI is InChI=1S/C23H24O/c1-4-10-18-19-13-8-9-14-20(19)23(24)22(21(18)15-16(2)3)17-11-6-5-7-12-17/h4-9,11-14,16,24H,1,10,15H2,2-3H3. The SMILES string of the molecule is C=CCc1c(CC(C)C)c(-c2ccccc2)c(O)c2ccccc12. The molecule has 0 aliphatic carbocycles. The molecule has 0 amide bonds. The first-order chi connectivity index (χ1) is 11.6. The summed E-state index contributed by atoms with van der Waals surface area (Å²) in [5.74, 6) is 0.900. The summed E-state index contributed by atoms with van der Waals surface area (Å²) in [4.78, 5) is 0. The molecule has 0 aliphatic heterocycles. The lowest BCUT2D eigenvalue weighted by molar-refractivity contribution is 0.482. The Labute approximate surface area is 144 Å². The van der Waals surface area contributed by atoms with Gasteiger partial charge in [0.05, 0.1) is 0 Å². The molecule has 3 aromatic rings. The van der Waals surface area contributed by atoms with Crippen LogP contribution in [0.3, 0.4) is 0 Å². The number of phenolic OH excluding ortho intramolecular Hbond substituents is 1. The van der Waals surface area contributed by atoms with Crippen molar-refractivity contribution in [2.24, 2.45) is 5.92 Å². The Bertz CT molecular complexity index is 860. The summed E-state index contributed by atoms with van der Waals surface area (Å²) in [5.41, 5.74) is 4.57. The smallest absolute Gasteiger partial charge is 0.131 e. The van der Waals surface area contributed by atoms with E-state index in [2.05, 4.69) is 38.6 Å². The summed E-state index contributed by atoms with van der Waals surface area (Å²) in [7, 11) is 0. The molecule has 0 atom stereocenters. The summed E-state index contributed by atoms with van der Waals surface area (Å²) in [6.45, 7) is 8.39. The Morgan fingerprint density at radius 3 is 2.17 bits per heavy atom. The topological polar surface area (TPSA) is 20.2 Å². The number of aromatic hydroxyl groups is 1. The number of phenols is 1. The molecular formula is C23H24O. The van der Waals surface area contributed by atoms with E-state index >= 15 is 0 Å². The molecule has 1 nitrogen and oxygen atoms in total. The van der Waals surface area contributed by atoms with Gasteiger partial charge in [-0.15, -0.1) is 6.58 Å². The van der Waals surface area contributed by atoms with E-state index in [-0.39, 0.29) is 0 Å². The van der Waals surface area contributed by atoms with E-state index in [0.29, 0.717) is 11.7 Å². The highest BCUT2D eigenvalue weighted by Crippen LogP contribution is 2.42. The lowest BCUT2D eigenvalue weighted by Gasteiger charge is -2.21. The lowest BCUT2D eigenvalue weighted by Crippen LogP contribution is -2.04. The second-order valence-corrected chi connectivity index (χ2v) is 6.68. The van der Waals surface area contributed by atoms with Gasteiger partial charge in [0.15, 0.2) is 0 Å². The molecule has 3 rings (SSSR count). The minimum absolute atomic E-state index is 0.389. The van der Waals surface area contributed by atoms with E-state index in [1.54, 1.807) is 0 Å². The first kappa shape index (κ1) is 16.3. The number of rotatable bonds is 5. The third kappa shape index (κ3) is 2.94. The second kappa shape index (κ2) is 6.92. The quantitative estimate of drug-likeness (QED) is 0.561. The maximum absolute atomic E-state index is 11.1. The highest BCUT2D eigenvalue weighted by atomic mass is 16.3. The average Bonchev–Trinajstić information content (AvgIpc) is 2.59. The van der Waals surface area contributed by atoms with Crippen LogP contribution in [0.5, 0.6) is 5.75 Å². The van der Waals surface area contributed by atoms with Crippen molar-refractivity contribution >= 4 is 10.8 Å². The molecule has 122 valence electrons. The van der Waals surface area contributed by atoms with Crippen molar-refractivity contribution in [3.05, 3.63) is 78.4 Å². The minimum atomic E-state index is 0.389. The van der Waals surface area contributed by atoms with Crippen LogP contribution in [0.1, 0.15) is 25.0 Å². The van der Waals surface area contributed by atoms with E-state index in [1.807, 2.05) is 42.5 Å². The van der Waals surface area contributed by atoms with Gasteiger partial charge in [-0.05, 0) is 40.8 Å². The number of benzene rings is 3. The van der Waals surface area contributed by atoms with Gasteiger partial charge < -0.3 is 5.11 Å². The Hall–Kier alpha value is -2.54. The van der Waals surface area contributed by atoms with Crippen LogP contribution >= 0.6 is 0 Å². The highest BCUT2D eigenvalue weighted by Gasteiger charge is 2.20. The summed E-state index contributed by atoms with van der Waals surface area (Å²) in [5, 5.41) is 13.1. The van der Waals surface area contributed by atoms with Gasteiger partial charge in [0, 0.05) is 10.9 Å². The van der Waals surface area contributed by atoms with Crippen molar-refractivity contribution in [1.82, 2.24) is 0 Å². The predicted molar refractivity (Wildman–Crippen MR) is 103 cm³/mol. The van der Waals surface area contributed by atoms with E-state index in [1.165, 1.54) is 11.1 Å². The van der Waals surface area contributed by atoms with Crippen molar-refractivity contribution in [2.45, 2.75) is 26.7 Å². The van der Waals surface area contributed by atoms with Crippen LogP contribution in [0.15, 0.2) is 67.3 Å². The fourth-order valence-electron chi connectivity index (χ4n) is 3.47. The maximum Gasteiger partial charge on any atom is 0.131 e. The van der Waals surface area contributed by atoms with Gasteiger partial charge in [0.25, 0.3) is 0 Å². The summed E-state index contributed by atoms with van der Waals surface area (Å²) in [6, 6.07) is 18.3. The molecule has 24 heavy (non-hydrogen) atoms. The van der Waals surface area contributed by atoms with Crippen molar-refractivity contribution in [3.63, 3.8) is 0 Å². The van der Waals surface area contributed by atoms with Crippen LogP contribution in [-0.2, 0) is 12.8 Å². The number of allylic oxidation sites excluding steroid dienone is 1. The lowest BCUT2D eigenvalue weighted by atomic mass is 9.84. The van der Waals surface area contributed by atoms with Crippen LogP contribution in [0, 0.1) is 5.92 Å². The van der Waals surface area contributed by atoms with Crippen LogP contribution in [0.2, 0.25) is 0 Å². The normalized spacial score (nSPS) is 11.1. The summed E-state index contributed by atoms with van der Waals surface area (Å²) in [6.07, 6.45) is 3.70. The molecule has 0 bridgehead atoms. The molecule has 1 N–H and O–H groups in total. The van der Waals surface area contributed by atoms with Gasteiger partial charge in [-0.2, -0.15) is 0 Å². The summed E-state index contributed by atoms with van der Waals surface area (Å²) < 4.78 is 0. The van der Waals surface area contributed by atoms with Crippen molar-refractivity contribution in [3.8, 4) is 16.9 Å². The number of hydrogen-bond acceptors (Lipinski definition) is 1. The van der Waals surface area contributed by atoms with Crippen LogP contribution < -0.4 is 0 Å². The number of hydrogen-bond donors (Lipinski definition) is 1. The zero-order valence-corrected chi connectivity index (χ0v) is 14.4. The van der Waals surface area contributed by atoms with Gasteiger partial charge >= 0.3 is 0 Å². The molecule has 1 heteroatoms. The minimum Gasteiger partial charge on any atom is -0.507 e. The third-order valence-corrected chi connectivity index (χ3v) is 4.43. The highest BCUT2D eigenvalue weighted by molar-refractivity contribution is 5.99.